The number of rotatable bonds is 4. The number of aromatic nitrogens is 3. The summed E-state index contributed by atoms with van der Waals surface area (Å²) in [4.78, 5) is 24.2. The van der Waals surface area contributed by atoms with Gasteiger partial charge in [0.25, 0.3) is 0 Å². The largest absolute Gasteiger partial charge is 0.356 e. The molecule has 6 rings (SSSR count). The number of aromatic amines is 1. The number of aryl methyl sites for hydroxylation is 1. The van der Waals surface area contributed by atoms with Crippen molar-refractivity contribution >= 4 is 22.5 Å². The van der Waals surface area contributed by atoms with Crippen LogP contribution in [0.15, 0.2) is 54.9 Å². The van der Waals surface area contributed by atoms with E-state index >= 15 is 0 Å². The zero-order valence-electron chi connectivity index (χ0n) is 18.5. The van der Waals surface area contributed by atoms with Gasteiger partial charge in [-0.15, -0.1) is 0 Å². The SMILES string of the molecule is O=C(CCc1cn2ccccc2n1)N1CCc2c([nH]c3ccccc23)C1C1CCCCC1. The molecule has 32 heavy (non-hydrogen) atoms. The van der Waals surface area contributed by atoms with Crippen molar-refractivity contribution in [3.8, 4) is 0 Å². The minimum absolute atomic E-state index is 0.181. The maximum Gasteiger partial charge on any atom is 0.223 e. The third kappa shape index (κ3) is 3.40. The fraction of sp³-hybridized carbons (Fsp3) is 0.407. The first-order valence-corrected chi connectivity index (χ1v) is 12.1. The standard InChI is InChI=1S/C27H30N4O/c32-25(14-13-20-18-30-16-7-6-12-24(30)28-20)31-17-15-22-21-10-4-5-11-23(21)29-26(22)27(31)19-8-2-1-3-9-19/h4-7,10-12,16,18-19,27,29H,1-3,8-9,13-15,17H2. The highest BCUT2D eigenvalue weighted by atomic mass is 16.2. The van der Waals surface area contributed by atoms with Crippen LogP contribution in [0.25, 0.3) is 16.6 Å². The molecule has 1 atom stereocenters. The Labute approximate surface area is 188 Å². The first kappa shape index (κ1) is 19.6. The van der Waals surface area contributed by atoms with Crippen LogP contribution in [0.4, 0.5) is 0 Å². The number of carbonyl (C=O) groups excluding carboxylic acids is 1. The molecule has 5 heteroatoms. The highest BCUT2D eigenvalue weighted by Crippen LogP contribution is 2.43. The molecule has 5 nitrogen and oxygen atoms in total. The van der Waals surface area contributed by atoms with Crippen molar-refractivity contribution in [2.75, 3.05) is 6.54 Å². The van der Waals surface area contributed by atoms with Crippen molar-refractivity contribution in [3.63, 3.8) is 0 Å². The van der Waals surface area contributed by atoms with E-state index < -0.39 is 0 Å². The fourth-order valence-corrected chi connectivity index (χ4v) is 5.98. The lowest BCUT2D eigenvalue weighted by atomic mass is 9.79. The molecule has 4 heterocycles. The monoisotopic (exact) mass is 426 g/mol. The van der Waals surface area contributed by atoms with Crippen LogP contribution in [-0.4, -0.2) is 31.7 Å². The van der Waals surface area contributed by atoms with E-state index in [4.69, 9.17) is 0 Å². The van der Waals surface area contributed by atoms with Gasteiger partial charge in [-0.1, -0.05) is 43.5 Å². The van der Waals surface area contributed by atoms with Crippen molar-refractivity contribution in [2.24, 2.45) is 5.92 Å². The predicted molar refractivity (Wildman–Crippen MR) is 127 cm³/mol. The van der Waals surface area contributed by atoms with E-state index in [2.05, 4.69) is 39.1 Å². The molecule has 1 aliphatic carbocycles. The first-order chi connectivity index (χ1) is 15.8. The lowest BCUT2D eigenvalue weighted by molar-refractivity contribution is -0.135. The van der Waals surface area contributed by atoms with Crippen molar-refractivity contribution < 1.29 is 4.79 Å². The Morgan fingerprint density at radius 2 is 1.91 bits per heavy atom. The van der Waals surface area contributed by atoms with E-state index in [9.17, 15) is 4.79 Å². The minimum atomic E-state index is 0.181. The summed E-state index contributed by atoms with van der Waals surface area (Å²) in [6, 6.07) is 14.8. The van der Waals surface area contributed by atoms with Crippen molar-refractivity contribution in [1.82, 2.24) is 19.3 Å². The number of hydrogen-bond donors (Lipinski definition) is 1. The van der Waals surface area contributed by atoms with Gasteiger partial charge in [0, 0.05) is 42.0 Å². The summed E-state index contributed by atoms with van der Waals surface area (Å²) in [5.74, 6) is 0.817. The number of pyridine rings is 1. The molecule has 0 saturated heterocycles. The van der Waals surface area contributed by atoms with Crippen LogP contribution in [0.3, 0.4) is 0 Å². The van der Waals surface area contributed by atoms with Gasteiger partial charge < -0.3 is 14.3 Å². The van der Waals surface area contributed by atoms with Crippen molar-refractivity contribution in [1.29, 1.82) is 0 Å². The Hall–Kier alpha value is -3.08. The second-order valence-corrected chi connectivity index (χ2v) is 9.44. The molecule has 3 aromatic heterocycles. The summed E-state index contributed by atoms with van der Waals surface area (Å²) in [6.45, 7) is 0.819. The Morgan fingerprint density at radius 1 is 1.06 bits per heavy atom. The van der Waals surface area contributed by atoms with E-state index in [-0.39, 0.29) is 11.9 Å². The molecule has 2 aliphatic rings. The molecule has 1 fully saturated rings. The van der Waals surface area contributed by atoms with Gasteiger partial charge in [-0.3, -0.25) is 4.79 Å². The van der Waals surface area contributed by atoms with Crippen LogP contribution >= 0.6 is 0 Å². The molecule has 0 bridgehead atoms. The Bertz CT molecular complexity index is 1230. The summed E-state index contributed by atoms with van der Waals surface area (Å²) in [5.41, 5.74) is 5.86. The molecule has 1 aromatic carbocycles. The molecule has 1 aliphatic heterocycles. The summed E-state index contributed by atoms with van der Waals surface area (Å²) < 4.78 is 2.03. The van der Waals surface area contributed by atoms with Gasteiger partial charge in [0.2, 0.25) is 5.91 Å². The number of H-pyrrole nitrogens is 1. The molecular weight excluding hydrogens is 396 g/mol. The molecule has 1 amide bonds. The molecule has 1 unspecified atom stereocenters. The van der Waals surface area contributed by atoms with Gasteiger partial charge in [0.1, 0.15) is 5.65 Å². The van der Waals surface area contributed by atoms with Crippen LogP contribution in [0, 0.1) is 5.92 Å². The zero-order chi connectivity index (χ0) is 21.5. The number of amides is 1. The third-order valence-corrected chi connectivity index (χ3v) is 7.51. The highest BCUT2D eigenvalue weighted by molar-refractivity contribution is 5.86. The van der Waals surface area contributed by atoms with Gasteiger partial charge in [-0.2, -0.15) is 0 Å². The number of benzene rings is 1. The highest BCUT2D eigenvalue weighted by Gasteiger charge is 2.38. The number of nitrogens with one attached hydrogen (secondary N) is 1. The van der Waals surface area contributed by atoms with Crippen LogP contribution < -0.4 is 0 Å². The van der Waals surface area contributed by atoms with Gasteiger partial charge >= 0.3 is 0 Å². The number of imidazole rings is 1. The molecule has 164 valence electrons. The second-order valence-electron chi connectivity index (χ2n) is 9.44. The van der Waals surface area contributed by atoms with E-state index in [0.717, 1.165) is 24.3 Å². The summed E-state index contributed by atoms with van der Waals surface area (Å²) in [6.07, 6.45) is 12.5. The van der Waals surface area contributed by atoms with Crippen LogP contribution in [0.2, 0.25) is 0 Å². The van der Waals surface area contributed by atoms with E-state index in [1.807, 2.05) is 35.0 Å². The van der Waals surface area contributed by atoms with Crippen LogP contribution in [0.5, 0.6) is 0 Å². The zero-order valence-corrected chi connectivity index (χ0v) is 18.5. The number of nitrogens with zero attached hydrogens (tertiary/aromatic N) is 3. The van der Waals surface area contributed by atoms with Crippen LogP contribution in [0.1, 0.15) is 61.5 Å². The molecule has 1 saturated carbocycles. The Kier molecular flexibility index (Phi) is 4.97. The number of carbonyl (C=O) groups is 1. The fourth-order valence-electron chi connectivity index (χ4n) is 5.98. The van der Waals surface area contributed by atoms with Crippen molar-refractivity contribution in [3.05, 3.63) is 71.8 Å². The maximum atomic E-state index is 13.5. The molecule has 0 radical (unpaired) electrons. The lowest BCUT2D eigenvalue weighted by Gasteiger charge is -2.42. The first-order valence-electron chi connectivity index (χ1n) is 12.1. The quantitative estimate of drug-likeness (QED) is 0.471. The predicted octanol–water partition coefficient (Wildman–Crippen LogP) is 5.45. The normalized spacial score (nSPS) is 19.5. The average molecular weight is 427 g/mol. The molecule has 0 spiro atoms. The summed E-state index contributed by atoms with van der Waals surface area (Å²) in [5, 5.41) is 1.33. The summed E-state index contributed by atoms with van der Waals surface area (Å²) in [7, 11) is 0. The van der Waals surface area contributed by atoms with Crippen molar-refractivity contribution in [2.45, 2.75) is 57.4 Å². The maximum absolute atomic E-state index is 13.5. The lowest BCUT2D eigenvalue weighted by Crippen LogP contribution is -2.43. The number of para-hydroxylation sites is 1. The molecule has 4 aromatic rings. The van der Waals surface area contributed by atoms with E-state index in [1.54, 1.807) is 0 Å². The van der Waals surface area contributed by atoms with Crippen LogP contribution in [-0.2, 0) is 17.6 Å². The molecular formula is C27H30N4O. The summed E-state index contributed by atoms with van der Waals surface area (Å²) >= 11 is 0. The van der Waals surface area contributed by atoms with Gasteiger partial charge in [-0.05, 0) is 55.4 Å². The van der Waals surface area contributed by atoms with Gasteiger partial charge in [0.15, 0.2) is 0 Å². The topological polar surface area (TPSA) is 53.4 Å². The second kappa shape index (κ2) is 8.12. The molecule has 1 N–H and O–H groups in total. The van der Waals surface area contributed by atoms with E-state index in [0.29, 0.717) is 18.8 Å². The van der Waals surface area contributed by atoms with E-state index in [1.165, 1.54) is 54.3 Å². The third-order valence-electron chi connectivity index (χ3n) is 7.51. The average Bonchev–Trinajstić information content (AvgIpc) is 3.43. The number of hydrogen-bond acceptors (Lipinski definition) is 2. The smallest absolute Gasteiger partial charge is 0.223 e. The Morgan fingerprint density at radius 3 is 2.78 bits per heavy atom. The Balaban J connectivity index is 1.28. The van der Waals surface area contributed by atoms with Gasteiger partial charge in [-0.25, -0.2) is 4.98 Å². The minimum Gasteiger partial charge on any atom is -0.356 e. The number of fused-ring (bicyclic) bond motifs is 4. The van der Waals surface area contributed by atoms with Gasteiger partial charge in [0.05, 0.1) is 11.7 Å².